The number of nitrogens with one attached hydrogen (secondary N) is 3. The van der Waals surface area contributed by atoms with E-state index in [2.05, 4.69) is 31.3 Å². The molecule has 2 rings (SSSR count). The SMILES string of the molecule is CCNC(=O)c1cccc(NC=C(C#N)c2nn[nH]n2)c1. The Morgan fingerprint density at radius 1 is 1.52 bits per heavy atom. The Morgan fingerprint density at radius 2 is 2.38 bits per heavy atom. The monoisotopic (exact) mass is 283 g/mol. The van der Waals surface area contributed by atoms with Gasteiger partial charge >= 0.3 is 0 Å². The first-order valence-corrected chi connectivity index (χ1v) is 6.23. The van der Waals surface area contributed by atoms with Gasteiger partial charge in [-0.2, -0.15) is 10.5 Å². The summed E-state index contributed by atoms with van der Waals surface area (Å²) in [7, 11) is 0. The summed E-state index contributed by atoms with van der Waals surface area (Å²) in [5.41, 5.74) is 1.44. The summed E-state index contributed by atoms with van der Waals surface area (Å²) >= 11 is 0. The fraction of sp³-hybridized carbons (Fsp3) is 0.154. The Kier molecular flexibility index (Phi) is 4.61. The van der Waals surface area contributed by atoms with Crippen molar-refractivity contribution in [2.75, 3.05) is 11.9 Å². The molecular formula is C13H13N7O. The Hall–Kier alpha value is -3.21. The number of H-pyrrole nitrogens is 1. The average Bonchev–Trinajstić information content (AvgIpc) is 3.03. The zero-order valence-corrected chi connectivity index (χ0v) is 11.3. The third-order valence-electron chi connectivity index (χ3n) is 2.55. The number of aromatic amines is 1. The van der Waals surface area contributed by atoms with Crippen LogP contribution < -0.4 is 10.6 Å². The lowest BCUT2D eigenvalue weighted by molar-refractivity contribution is 0.0956. The van der Waals surface area contributed by atoms with Gasteiger partial charge in [-0.15, -0.1) is 10.2 Å². The molecule has 1 amide bonds. The maximum atomic E-state index is 11.7. The van der Waals surface area contributed by atoms with Crippen LogP contribution >= 0.6 is 0 Å². The van der Waals surface area contributed by atoms with Crippen molar-refractivity contribution in [3.63, 3.8) is 0 Å². The summed E-state index contributed by atoms with van der Waals surface area (Å²) in [5.74, 6) is 0.0497. The first-order valence-electron chi connectivity index (χ1n) is 6.23. The minimum absolute atomic E-state index is 0.149. The zero-order valence-electron chi connectivity index (χ0n) is 11.3. The van der Waals surface area contributed by atoms with E-state index in [0.717, 1.165) is 0 Å². The zero-order chi connectivity index (χ0) is 15.1. The van der Waals surface area contributed by atoms with Crippen molar-refractivity contribution in [2.45, 2.75) is 6.92 Å². The van der Waals surface area contributed by atoms with Crippen LogP contribution in [-0.4, -0.2) is 33.1 Å². The van der Waals surface area contributed by atoms with Gasteiger partial charge in [0, 0.05) is 24.0 Å². The van der Waals surface area contributed by atoms with Gasteiger partial charge in [0.05, 0.1) is 0 Å². The molecule has 2 aromatic rings. The molecule has 0 bridgehead atoms. The minimum Gasteiger partial charge on any atom is -0.360 e. The predicted molar refractivity (Wildman–Crippen MR) is 75.8 cm³/mol. The Bertz CT molecular complexity index is 685. The van der Waals surface area contributed by atoms with Crippen molar-refractivity contribution < 1.29 is 4.79 Å². The van der Waals surface area contributed by atoms with E-state index < -0.39 is 0 Å². The van der Waals surface area contributed by atoms with Crippen molar-refractivity contribution in [3.8, 4) is 6.07 Å². The lowest BCUT2D eigenvalue weighted by atomic mass is 10.2. The highest BCUT2D eigenvalue weighted by Crippen LogP contribution is 2.13. The highest BCUT2D eigenvalue weighted by atomic mass is 16.1. The maximum Gasteiger partial charge on any atom is 0.251 e. The van der Waals surface area contributed by atoms with Gasteiger partial charge in [0.25, 0.3) is 5.91 Å². The molecule has 106 valence electrons. The first kappa shape index (κ1) is 14.2. The highest BCUT2D eigenvalue weighted by molar-refractivity contribution is 5.95. The number of allylic oxidation sites excluding steroid dienone is 1. The number of aromatic nitrogens is 4. The van der Waals surface area contributed by atoms with Crippen LogP contribution in [0.15, 0.2) is 30.5 Å². The van der Waals surface area contributed by atoms with Gasteiger partial charge in [-0.3, -0.25) is 4.79 Å². The molecule has 3 N–H and O–H groups in total. The highest BCUT2D eigenvalue weighted by Gasteiger charge is 2.06. The number of amides is 1. The van der Waals surface area contributed by atoms with E-state index >= 15 is 0 Å². The topological polar surface area (TPSA) is 119 Å². The number of rotatable bonds is 5. The minimum atomic E-state index is -0.149. The van der Waals surface area contributed by atoms with E-state index in [1.54, 1.807) is 24.3 Å². The van der Waals surface area contributed by atoms with Crippen LogP contribution in [-0.2, 0) is 0 Å². The summed E-state index contributed by atoms with van der Waals surface area (Å²) in [5, 5.41) is 27.8. The second kappa shape index (κ2) is 6.81. The van der Waals surface area contributed by atoms with Crippen LogP contribution in [0.2, 0.25) is 0 Å². The quantitative estimate of drug-likeness (QED) is 0.702. The van der Waals surface area contributed by atoms with Gasteiger partial charge in [0.15, 0.2) is 0 Å². The van der Waals surface area contributed by atoms with Crippen LogP contribution in [0.4, 0.5) is 5.69 Å². The van der Waals surface area contributed by atoms with Crippen LogP contribution in [0.5, 0.6) is 0 Å². The fourth-order valence-electron chi connectivity index (χ4n) is 1.59. The molecule has 0 unspecified atom stereocenters. The molecule has 1 aromatic heterocycles. The van der Waals surface area contributed by atoms with Crippen LogP contribution in [0.25, 0.3) is 5.57 Å². The lowest BCUT2D eigenvalue weighted by Crippen LogP contribution is -2.22. The van der Waals surface area contributed by atoms with Crippen LogP contribution in [0.3, 0.4) is 0 Å². The molecule has 0 saturated heterocycles. The molecule has 0 aliphatic heterocycles. The molecule has 1 heterocycles. The number of hydrogen-bond acceptors (Lipinski definition) is 6. The summed E-state index contributed by atoms with van der Waals surface area (Å²) in [4.78, 5) is 11.7. The summed E-state index contributed by atoms with van der Waals surface area (Å²) < 4.78 is 0. The Balaban J connectivity index is 2.15. The lowest BCUT2D eigenvalue weighted by Gasteiger charge is -2.05. The number of hydrogen-bond donors (Lipinski definition) is 3. The van der Waals surface area contributed by atoms with Gasteiger partial charge in [0.2, 0.25) is 5.82 Å². The van der Waals surface area contributed by atoms with E-state index in [-0.39, 0.29) is 17.3 Å². The van der Waals surface area contributed by atoms with Gasteiger partial charge in [0.1, 0.15) is 11.6 Å². The van der Waals surface area contributed by atoms with Crippen molar-refractivity contribution in [1.82, 2.24) is 25.9 Å². The van der Waals surface area contributed by atoms with Gasteiger partial charge < -0.3 is 10.6 Å². The summed E-state index contributed by atoms with van der Waals surface area (Å²) in [6.07, 6.45) is 1.46. The Morgan fingerprint density at radius 3 is 3.05 bits per heavy atom. The first-order chi connectivity index (χ1) is 10.2. The number of nitriles is 1. The fourth-order valence-corrected chi connectivity index (χ4v) is 1.59. The number of anilines is 1. The Labute approximate surface area is 120 Å². The molecule has 0 spiro atoms. The molecule has 0 atom stereocenters. The molecule has 0 aliphatic rings. The third kappa shape index (κ3) is 3.63. The van der Waals surface area contributed by atoms with Crippen molar-refractivity contribution >= 4 is 17.2 Å². The number of carbonyl (C=O) groups is 1. The molecule has 8 heteroatoms. The average molecular weight is 283 g/mol. The van der Waals surface area contributed by atoms with E-state index in [9.17, 15) is 4.79 Å². The smallest absolute Gasteiger partial charge is 0.251 e. The largest absolute Gasteiger partial charge is 0.360 e. The molecule has 0 radical (unpaired) electrons. The van der Waals surface area contributed by atoms with Crippen molar-refractivity contribution in [2.24, 2.45) is 0 Å². The normalized spacial score (nSPS) is 10.8. The standard InChI is InChI=1S/C13H13N7O/c1-2-15-13(21)9-4-3-5-11(6-9)16-8-10(7-14)12-17-19-20-18-12/h3-6,8,16H,2H2,1H3,(H,15,21)(H,17,18,19,20). The number of carbonyl (C=O) groups excluding carboxylic acids is 1. The molecule has 0 saturated carbocycles. The van der Waals surface area contributed by atoms with Gasteiger partial charge in [-0.25, -0.2) is 0 Å². The molecule has 0 fully saturated rings. The third-order valence-corrected chi connectivity index (χ3v) is 2.55. The number of nitrogens with zero attached hydrogens (tertiary/aromatic N) is 4. The van der Waals surface area contributed by atoms with Crippen LogP contribution in [0, 0.1) is 11.3 Å². The van der Waals surface area contributed by atoms with Crippen molar-refractivity contribution in [3.05, 3.63) is 41.9 Å². The molecule has 0 aliphatic carbocycles. The molecular weight excluding hydrogens is 270 g/mol. The van der Waals surface area contributed by atoms with Crippen LogP contribution in [0.1, 0.15) is 23.1 Å². The van der Waals surface area contributed by atoms with E-state index in [0.29, 0.717) is 17.8 Å². The predicted octanol–water partition coefficient (Wildman–Crippen LogP) is 0.926. The maximum absolute atomic E-state index is 11.7. The van der Waals surface area contributed by atoms with Gasteiger partial charge in [-0.05, 0) is 30.3 Å². The van der Waals surface area contributed by atoms with E-state index in [1.807, 2.05) is 13.0 Å². The number of tetrazole rings is 1. The molecule has 1 aromatic carbocycles. The molecule has 21 heavy (non-hydrogen) atoms. The number of benzene rings is 1. The summed E-state index contributed by atoms with van der Waals surface area (Å²) in [6, 6.07) is 8.90. The van der Waals surface area contributed by atoms with E-state index in [1.165, 1.54) is 6.20 Å². The summed E-state index contributed by atoms with van der Waals surface area (Å²) in [6.45, 7) is 2.42. The molecule has 8 nitrogen and oxygen atoms in total. The second-order valence-corrected chi connectivity index (χ2v) is 3.99. The van der Waals surface area contributed by atoms with Crippen molar-refractivity contribution in [1.29, 1.82) is 5.26 Å². The van der Waals surface area contributed by atoms with E-state index in [4.69, 9.17) is 5.26 Å². The second-order valence-electron chi connectivity index (χ2n) is 3.99. The van der Waals surface area contributed by atoms with Gasteiger partial charge in [-0.1, -0.05) is 6.07 Å².